The van der Waals surface area contributed by atoms with Gasteiger partial charge in [-0.25, -0.2) is 30.2 Å². The molecule has 0 aliphatic carbocycles. The van der Waals surface area contributed by atoms with Gasteiger partial charge in [0.15, 0.2) is 0 Å². The van der Waals surface area contributed by atoms with Crippen molar-refractivity contribution < 1.29 is 103 Å². The third-order valence-corrected chi connectivity index (χ3v) is 9.28. The van der Waals surface area contributed by atoms with E-state index < -0.39 is 50.7 Å². The number of aromatic nitrogens is 2. The Balaban J connectivity index is 0.00000230. The molecule has 1 N–H and O–H groups in total. The maximum Gasteiger partial charge on any atom is 1.00 e. The number of hydrogen-bond donors (Lipinski definition) is 1. The summed E-state index contributed by atoms with van der Waals surface area (Å²) in [4.78, 5) is 2.26. The number of nitrogens with one attached hydrogen (secondary N) is 1. The van der Waals surface area contributed by atoms with Gasteiger partial charge in [-0.05, 0) is 36.4 Å². The molecule has 12 nitrogen and oxygen atoms in total. The Bertz CT molecular complexity index is 2460. The standard InChI is InChI=1S/C28H19N3O9S3.2Na/c32-41(33,34)18-10-12-20-21(14-18)24(29-23-13-11-19(42(35,36)37)15-27(23)43(38,39)40)16-26-28(20)30-22-8-4-5-9-25(22)31(26)17-6-2-1-3-7-17;;/h1-16H,(H3,32,33,34,35,36,37,38,39,40);;/q;2*+1/p-2. The van der Waals surface area contributed by atoms with E-state index in [0.29, 0.717) is 33.5 Å². The first-order chi connectivity index (χ1) is 20.2. The molecule has 0 fully saturated rings. The topological polar surface area (TPSA) is 200 Å². The fraction of sp³-hybridized carbons (Fsp3) is 0. The fourth-order valence-electron chi connectivity index (χ4n) is 4.89. The molecular weight excluding hydrogens is 665 g/mol. The van der Waals surface area contributed by atoms with E-state index in [-0.39, 0.29) is 70.2 Å². The maximum absolute atomic E-state index is 12.1. The van der Waals surface area contributed by atoms with Crippen LogP contribution in [0.25, 0.3) is 38.5 Å². The predicted octanol–water partition coefficient (Wildman–Crippen LogP) is -2.72. The third kappa shape index (κ3) is 6.95. The van der Waals surface area contributed by atoms with Crippen LogP contribution in [0.3, 0.4) is 0 Å². The van der Waals surface area contributed by atoms with E-state index in [1.165, 1.54) is 12.1 Å². The van der Waals surface area contributed by atoms with Gasteiger partial charge in [-0.2, -0.15) is 0 Å². The van der Waals surface area contributed by atoms with Crippen LogP contribution in [-0.4, -0.2) is 43.9 Å². The van der Waals surface area contributed by atoms with E-state index >= 15 is 0 Å². The molecule has 0 unspecified atom stereocenters. The van der Waals surface area contributed by atoms with Crippen molar-refractivity contribution in [2.45, 2.75) is 14.7 Å². The van der Waals surface area contributed by atoms with Gasteiger partial charge in [-0.15, -0.1) is 4.57 Å². The first-order valence-electron chi connectivity index (χ1n) is 12.3. The number of para-hydroxylation sites is 3. The molecule has 0 bridgehead atoms. The Hall–Kier alpha value is -2.51. The summed E-state index contributed by atoms with van der Waals surface area (Å²) in [6.07, 6.45) is 0. The van der Waals surface area contributed by atoms with Gasteiger partial charge in [0.25, 0.3) is 0 Å². The zero-order chi connectivity index (χ0) is 30.7. The van der Waals surface area contributed by atoms with Gasteiger partial charge in [0.2, 0.25) is 16.7 Å². The molecular formula is C28H17N3Na2O9S3. The van der Waals surface area contributed by atoms with Crippen LogP contribution in [0.1, 0.15) is 0 Å². The quantitative estimate of drug-likeness (QED) is 0.0630. The Kier molecular flexibility index (Phi) is 10.2. The summed E-state index contributed by atoms with van der Waals surface area (Å²) in [6, 6.07) is 23.8. The molecule has 0 amide bonds. The van der Waals surface area contributed by atoms with Gasteiger partial charge >= 0.3 is 59.1 Å². The minimum absolute atomic E-state index is 0. The largest absolute Gasteiger partial charge is 1.00 e. The number of rotatable bonds is 6. The van der Waals surface area contributed by atoms with Crippen LogP contribution in [0.2, 0.25) is 0 Å². The molecule has 0 saturated carbocycles. The van der Waals surface area contributed by atoms with E-state index in [9.17, 15) is 38.9 Å². The number of benzene rings is 5. The Morgan fingerprint density at radius 1 is 0.578 bits per heavy atom. The molecule has 0 aliphatic rings. The molecule has 5 aromatic carbocycles. The average molecular weight is 682 g/mol. The minimum atomic E-state index is -5.32. The zero-order valence-electron chi connectivity index (χ0n) is 23.5. The van der Waals surface area contributed by atoms with Crippen molar-refractivity contribution in [3.8, 4) is 5.69 Å². The van der Waals surface area contributed by atoms with Gasteiger partial charge in [0.05, 0.1) is 26.1 Å². The molecule has 0 spiro atoms. The molecule has 0 radical (unpaired) electrons. The van der Waals surface area contributed by atoms with Crippen LogP contribution < -0.4 is 69.0 Å². The molecule has 17 heteroatoms. The van der Waals surface area contributed by atoms with E-state index in [0.717, 1.165) is 30.0 Å². The van der Waals surface area contributed by atoms with Crippen LogP contribution in [0.5, 0.6) is 0 Å². The number of anilines is 2. The van der Waals surface area contributed by atoms with E-state index in [4.69, 9.17) is 4.98 Å². The van der Waals surface area contributed by atoms with Crippen molar-refractivity contribution in [3.63, 3.8) is 0 Å². The summed E-state index contributed by atoms with van der Waals surface area (Å²) in [5.74, 6) is 0. The third-order valence-electron chi connectivity index (χ3n) is 6.74. The number of hydrogen-bond acceptors (Lipinski definition) is 11. The Labute approximate surface area is 302 Å². The molecule has 1 heterocycles. The minimum Gasteiger partial charge on any atom is -0.744 e. The second-order valence-electron chi connectivity index (χ2n) is 9.42. The summed E-state index contributed by atoms with van der Waals surface area (Å²) in [7, 11) is -15.4. The predicted molar refractivity (Wildman–Crippen MR) is 152 cm³/mol. The molecule has 0 atom stereocenters. The van der Waals surface area contributed by atoms with Crippen LogP contribution in [0.15, 0.2) is 112 Å². The second kappa shape index (κ2) is 12.9. The zero-order valence-corrected chi connectivity index (χ0v) is 30.0. The molecule has 218 valence electrons. The Morgan fingerprint density at radius 3 is 1.82 bits per heavy atom. The van der Waals surface area contributed by atoms with Gasteiger partial charge in [0.1, 0.15) is 41.4 Å². The van der Waals surface area contributed by atoms with Crippen molar-refractivity contribution in [1.82, 2.24) is 4.98 Å². The monoisotopic (exact) mass is 681 g/mol. The van der Waals surface area contributed by atoms with E-state index in [2.05, 4.69) is 5.32 Å². The van der Waals surface area contributed by atoms with Crippen LogP contribution >= 0.6 is 0 Å². The SMILES string of the molecule is O=S(=O)([O-])c1ccc(Nc2cc3c(nc4ccccc4[n+]3-c3ccccc3)c3ccc(S(=O)(=O)[O-])cc23)c(S(=O)(=O)[O-])c1.[Na+].[Na+]. The second-order valence-corrected chi connectivity index (χ2v) is 13.5. The summed E-state index contributed by atoms with van der Waals surface area (Å²) < 4.78 is 109. The molecule has 45 heavy (non-hydrogen) atoms. The van der Waals surface area contributed by atoms with Crippen LogP contribution in [0.4, 0.5) is 11.4 Å². The molecule has 1 aromatic heterocycles. The summed E-state index contributed by atoms with van der Waals surface area (Å²) in [5.41, 5.74) is 2.55. The van der Waals surface area contributed by atoms with Crippen molar-refractivity contribution in [2.75, 3.05) is 5.32 Å². The average Bonchev–Trinajstić information content (AvgIpc) is 2.95. The number of fused-ring (bicyclic) bond motifs is 4. The first-order valence-corrected chi connectivity index (χ1v) is 16.5. The molecule has 0 aliphatic heterocycles. The first kappa shape index (κ1) is 35.3. The van der Waals surface area contributed by atoms with E-state index in [1.807, 2.05) is 47.0 Å². The van der Waals surface area contributed by atoms with Crippen molar-refractivity contribution in [1.29, 1.82) is 0 Å². The normalized spacial score (nSPS) is 12.1. The van der Waals surface area contributed by atoms with Crippen molar-refractivity contribution in [3.05, 3.63) is 97.1 Å². The molecule has 6 aromatic rings. The van der Waals surface area contributed by atoms with Crippen molar-refractivity contribution >= 4 is 74.6 Å². The molecule has 0 saturated heterocycles. The fourth-order valence-corrected chi connectivity index (χ4v) is 6.62. The van der Waals surface area contributed by atoms with Gasteiger partial charge in [-0.3, -0.25) is 0 Å². The maximum atomic E-state index is 12.1. The van der Waals surface area contributed by atoms with Crippen molar-refractivity contribution in [2.24, 2.45) is 0 Å². The van der Waals surface area contributed by atoms with Crippen LogP contribution in [-0.2, 0) is 30.4 Å². The Morgan fingerprint density at radius 2 is 1.18 bits per heavy atom. The number of nitrogens with zero attached hydrogens (tertiary/aromatic N) is 2. The summed E-state index contributed by atoms with van der Waals surface area (Å²) in [6.45, 7) is 0. The van der Waals surface area contributed by atoms with E-state index in [1.54, 1.807) is 12.1 Å². The van der Waals surface area contributed by atoms with Gasteiger partial charge in [0, 0.05) is 35.0 Å². The van der Waals surface area contributed by atoms with Gasteiger partial charge in [-0.1, -0.05) is 36.4 Å². The smallest absolute Gasteiger partial charge is 0.744 e. The summed E-state index contributed by atoms with van der Waals surface area (Å²) >= 11 is 0. The van der Waals surface area contributed by atoms with Gasteiger partial charge < -0.3 is 19.0 Å². The molecule has 6 rings (SSSR count). The van der Waals surface area contributed by atoms with Crippen LogP contribution in [0, 0.1) is 0 Å². The summed E-state index contributed by atoms with van der Waals surface area (Å²) in [5, 5.41) is 3.28.